The third kappa shape index (κ3) is 6.05. The summed E-state index contributed by atoms with van der Waals surface area (Å²) in [5.41, 5.74) is 5.24. The molecule has 2 aromatic carbocycles. The quantitative estimate of drug-likeness (QED) is 0.331. The number of carbonyl (C=O) groups is 1. The molecule has 200 valence electrons. The Morgan fingerprint density at radius 2 is 1.55 bits per heavy atom. The Morgan fingerprint density at radius 3 is 2.21 bits per heavy atom. The highest BCUT2D eigenvalue weighted by molar-refractivity contribution is 7.98. The molecule has 3 aromatic rings. The summed E-state index contributed by atoms with van der Waals surface area (Å²) >= 11 is 1.63. The summed E-state index contributed by atoms with van der Waals surface area (Å²) in [7, 11) is 1.69. The Hall–Kier alpha value is -3.30. The molecule has 0 atom stereocenters. The Kier molecular flexibility index (Phi) is 8.34. The van der Waals surface area contributed by atoms with Crippen molar-refractivity contribution in [2.45, 2.75) is 24.8 Å². The number of aromatic nitrogens is 2. The minimum absolute atomic E-state index is 0.0710. The van der Waals surface area contributed by atoms with Crippen LogP contribution in [0.2, 0.25) is 0 Å². The minimum atomic E-state index is 0.0710. The van der Waals surface area contributed by atoms with Crippen LogP contribution in [0.5, 0.6) is 5.75 Å². The molecule has 5 rings (SSSR count). The summed E-state index contributed by atoms with van der Waals surface area (Å²) in [4.78, 5) is 29.1. The molecule has 2 fully saturated rings. The maximum atomic E-state index is 12.7. The first kappa shape index (κ1) is 26.3. The number of methoxy groups -OCH3 is 1. The van der Waals surface area contributed by atoms with Crippen molar-refractivity contribution < 1.29 is 14.3 Å². The van der Waals surface area contributed by atoms with Gasteiger partial charge in [0.15, 0.2) is 5.16 Å². The molecule has 1 aromatic heterocycles. The standard InChI is InChI=1S/C29H35N5O3S/c1-21-22(2)30-29(38-20-23-4-6-24(7-5-23)28(35)34-16-18-37-19-17-34)31-27(21)33-14-12-32(13-15-33)25-8-10-26(36-3)11-9-25/h4-11H,12-20H2,1-3H3. The number of ether oxygens (including phenoxy) is 2. The number of hydrogen-bond acceptors (Lipinski definition) is 8. The fourth-order valence-electron chi connectivity index (χ4n) is 4.77. The van der Waals surface area contributed by atoms with Crippen LogP contribution < -0.4 is 14.5 Å². The molecule has 9 heteroatoms. The lowest BCUT2D eigenvalue weighted by Gasteiger charge is -2.37. The molecule has 2 saturated heterocycles. The Morgan fingerprint density at radius 1 is 0.895 bits per heavy atom. The second-order valence-electron chi connectivity index (χ2n) is 9.60. The fraction of sp³-hybridized carbons (Fsp3) is 0.414. The molecule has 0 unspecified atom stereocenters. The first-order valence-corrected chi connectivity index (χ1v) is 14.1. The third-order valence-electron chi connectivity index (χ3n) is 7.23. The van der Waals surface area contributed by atoms with Crippen molar-refractivity contribution in [2.24, 2.45) is 0 Å². The third-order valence-corrected chi connectivity index (χ3v) is 8.15. The molecule has 0 saturated carbocycles. The Labute approximate surface area is 229 Å². The van der Waals surface area contributed by atoms with E-state index in [4.69, 9.17) is 19.4 Å². The average molecular weight is 534 g/mol. The summed E-state index contributed by atoms with van der Waals surface area (Å²) in [6.45, 7) is 10.4. The number of piperazine rings is 1. The predicted molar refractivity (Wildman–Crippen MR) is 152 cm³/mol. The molecule has 0 spiro atoms. The highest BCUT2D eigenvalue weighted by Crippen LogP contribution is 2.28. The smallest absolute Gasteiger partial charge is 0.254 e. The van der Waals surface area contributed by atoms with Crippen LogP contribution in [0.4, 0.5) is 11.5 Å². The van der Waals surface area contributed by atoms with Gasteiger partial charge in [-0.1, -0.05) is 23.9 Å². The zero-order valence-corrected chi connectivity index (χ0v) is 23.2. The van der Waals surface area contributed by atoms with Gasteiger partial charge in [0.25, 0.3) is 5.91 Å². The number of carbonyl (C=O) groups excluding carboxylic acids is 1. The second-order valence-corrected chi connectivity index (χ2v) is 10.5. The van der Waals surface area contributed by atoms with Crippen molar-refractivity contribution in [3.8, 4) is 5.75 Å². The van der Waals surface area contributed by atoms with E-state index in [0.29, 0.717) is 26.3 Å². The zero-order chi connectivity index (χ0) is 26.5. The molecule has 0 bridgehead atoms. The number of morpholine rings is 1. The van der Waals surface area contributed by atoms with E-state index in [1.54, 1.807) is 18.9 Å². The van der Waals surface area contributed by atoms with Gasteiger partial charge < -0.3 is 24.2 Å². The number of rotatable bonds is 7. The zero-order valence-electron chi connectivity index (χ0n) is 22.4. The lowest BCUT2D eigenvalue weighted by molar-refractivity contribution is 0.0303. The van der Waals surface area contributed by atoms with E-state index in [-0.39, 0.29) is 5.91 Å². The summed E-state index contributed by atoms with van der Waals surface area (Å²) in [6.07, 6.45) is 0. The van der Waals surface area contributed by atoms with Crippen molar-refractivity contribution in [2.75, 3.05) is 69.4 Å². The van der Waals surface area contributed by atoms with Crippen molar-refractivity contribution >= 4 is 29.2 Å². The van der Waals surface area contributed by atoms with Crippen LogP contribution in [0, 0.1) is 13.8 Å². The van der Waals surface area contributed by atoms with Gasteiger partial charge in [0.05, 0.1) is 20.3 Å². The number of hydrogen-bond donors (Lipinski definition) is 0. The van der Waals surface area contributed by atoms with Crippen LogP contribution in [0.3, 0.4) is 0 Å². The molecule has 38 heavy (non-hydrogen) atoms. The van der Waals surface area contributed by atoms with Gasteiger partial charge in [0.1, 0.15) is 11.6 Å². The molecule has 0 radical (unpaired) electrons. The maximum Gasteiger partial charge on any atom is 0.254 e. The highest BCUT2D eigenvalue weighted by Gasteiger charge is 2.22. The summed E-state index contributed by atoms with van der Waals surface area (Å²) < 4.78 is 10.6. The van der Waals surface area contributed by atoms with Crippen molar-refractivity contribution in [1.29, 1.82) is 0 Å². The number of amides is 1. The molecule has 0 aliphatic carbocycles. The van der Waals surface area contributed by atoms with E-state index in [1.807, 2.05) is 41.3 Å². The van der Waals surface area contributed by atoms with E-state index in [2.05, 4.69) is 35.8 Å². The van der Waals surface area contributed by atoms with Crippen LogP contribution in [0.15, 0.2) is 53.7 Å². The normalized spacial score (nSPS) is 16.0. The lowest BCUT2D eigenvalue weighted by atomic mass is 10.1. The number of nitrogens with zero attached hydrogens (tertiary/aromatic N) is 5. The van der Waals surface area contributed by atoms with Gasteiger partial charge >= 0.3 is 0 Å². The molecule has 8 nitrogen and oxygen atoms in total. The van der Waals surface area contributed by atoms with Crippen molar-refractivity contribution in [1.82, 2.24) is 14.9 Å². The van der Waals surface area contributed by atoms with Crippen molar-refractivity contribution in [3.63, 3.8) is 0 Å². The fourth-order valence-corrected chi connectivity index (χ4v) is 5.61. The van der Waals surface area contributed by atoms with E-state index in [9.17, 15) is 4.79 Å². The number of anilines is 2. The molecule has 3 heterocycles. The molecule has 0 N–H and O–H groups in total. The Balaban J connectivity index is 1.20. The molecule has 1 amide bonds. The first-order chi connectivity index (χ1) is 18.5. The van der Waals surface area contributed by atoms with E-state index in [0.717, 1.165) is 71.0 Å². The summed E-state index contributed by atoms with van der Waals surface area (Å²) in [5.74, 6) is 2.73. The second kappa shape index (κ2) is 12.0. The SMILES string of the molecule is COc1ccc(N2CCN(c3nc(SCc4ccc(C(=O)N5CCOCC5)cc4)nc(C)c3C)CC2)cc1. The topological polar surface area (TPSA) is 71.0 Å². The molecule has 2 aliphatic rings. The van der Waals surface area contributed by atoms with Crippen LogP contribution >= 0.6 is 11.8 Å². The van der Waals surface area contributed by atoms with Gasteiger partial charge in [0.2, 0.25) is 0 Å². The molecular formula is C29H35N5O3S. The number of thioether (sulfide) groups is 1. The Bertz CT molecular complexity index is 1240. The van der Waals surface area contributed by atoms with Gasteiger partial charge in [0, 0.05) is 67.5 Å². The van der Waals surface area contributed by atoms with E-state index >= 15 is 0 Å². The molecular weight excluding hydrogens is 498 g/mol. The monoisotopic (exact) mass is 533 g/mol. The number of aryl methyl sites for hydroxylation is 1. The van der Waals surface area contributed by atoms with Crippen LogP contribution in [0.1, 0.15) is 27.2 Å². The predicted octanol–water partition coefficient (Wildman–Crippen LogP) is 4.19. The highest BCUT2D eigenvalue weighted by atomic mass is 32.2. The average Bonchev–Trinajstić information content (AvgIpc) is 2.98. The summed E-state index contributed by atoms with van der Waals surface area (Å²) in [5, 5.41) is 0.786. The van der Waals surface area contributed by atoms with Crippen LogP contribution in [-0.4, -0.2) is 80.4 Å². The van der Waals surface area contributed by atoms with Gasteiger partial charge in [-0.05, 0) is 55.8 Å². The van der Waals surface area contributed by atoms with Gasteiger partial charge in [-0.15, -0.1) is 0 Å². The van der Waals surface area contributed by atoms with Gasteiger partial charge in [-0.3, -0.25) is 4.79 Å². The van der Waals surface area contributed by atoms with E-state index < -0.39 is 0 Å². The molecule has 2 aliphatic heterocycles. The van der Waals surface area contributed by atoms with Gasteiger partial charge in [-0.2, -0.15) is 0 Å². The summed E-state index contributed by atoms with van der Waals surface area (Å²) in [6, 6.07) is 16.2. The minimum Gasteiger partial charge on any atom is -0.497 e. The van der Waals surface area contributed by atoms with Gasteiger partial charge in [-0.25, -0.2) is 9.97 Å². The lowest BCUT2D eigenvalue weighted by Crippen LogP contribution is -2.47. The number of benzene rings is 2. The van der Waals surface area contributed by atoms with Crippen molar-refractivity contribution in [3.05, 3.63) is 70.9 Å². The van der Waals surface area contributed by atoms with E-state index in [1.165, 1.54) is 5.69 Å². The largest absolute Gasteiger partial charge is 0.497 e. The van der Waals surface area contributed by atoms with Crippen LogP contribution in [0.25, 0.3) is 0 Å². The first-order valence-electron chi connectivity index (χ1n) is 13.1. The maximum absolute atomic E-state index is 12.7. The van der Waals surface area contributed by atoms with Crippen LogP contribution in [-0.2, 0) is 10.5 Å².